The molecule has 6 rings (SSSR count). The van der Waals surface area contributed by atoms with Crippen LogP contribution in [0.2, 0.25) is 0 Å². The molecule has 2 amide bonds. The summed E-state index contributed by atoms with van der Waals surface area (Å²) in [4.78, 5) is 25.5. The van der Waals surface area contributed by atoms with Gasteiger partial charge < -0.3 is 19.8 Å². The third-order valence-corrected chi connectivity index (χ3v) is 6.54. The van der Waals surface area contributed by atoms with E-state index in [4.69, 9.17) is 9.15 Å². The second kappa shape index (κ2) is 6.40. The molecule has 2 N–H and O–H groups in total. The highest BCUT2D eigenvalue weighted by molar-refractivity contribution is 5.98. The molecule has 3 saturated carbocycles. The third-order valence-electron chi connectivity index (χ3n) is 6.54. The first-order chi connectivity index (χ1) is 13.5. The van der Waals surface area contributed by atoms with Gasteiger partial charge in [-0.2, -0.15) is 0 Å². The van der Waals surface area contributed by atoms with E-state index >= 15 is 0 Å². The number of ether oxygens (including phenoxy) is 1. The summed E-state index contributed by atoms with van der Waals surface area (Å²) in [6, 6.07) is 11.2. The number of nitrogens with one attached hydrogen (secondary N) is 2. The van der Waals surface area contributed by atoms with Gasteiger partial charge in [0.15, 0.2) is 5.72 Å². The molecule has 0 unspecified atom stereocenters. The number of hydrogen-bond acceptors (Lipinski definition) is 4. The number of amides is 2. The van der Waals surface area contributed by atoms with Crippen molar-refractivity contribution in [2.45, 2.75) is 44.9 Å². The lowest BCUT2D eigenvalue weighted by Crippen LogP contribution is -2.66. The largest absolute Gasteiger partial charge is 0.467 e. The van der Waals surface area contributed by atoms with Crippen molar-refractivity contribution in [3.8, 4) is 5.75 Å². The van der Waals surface area contributed by atoms with Gasteiger partial charge in [-0.3, -0.25) is 9.59 Å². The summed E-state index contributed by atoms with van der Waals surface area (Å²) < 4.78 is 11.9. The van der Waals surface area contributed by atoms with Crippen molar-refractivity contribution in [2.75, 3.05) is 0 Å². The summed E-state index contributed by atoms with van der Waals surface area (Å²) in [5, 5.41) is 6.15. The van der Waals surface area contributed by atoms with Crippen molar-refractivity contribution >= 4 is 11.8 Å². The van der Waals surface area contributed by atoms with Crippen molar-refractivity contribution in [2.24, 2.45) is 17.8 Å². The molecule has 6 nitrogen and oxygen atoms in total. The standard InChI is InChI=1S/C22H24N2O4/c1-13-6-9-16(27-13)12-23-20(25)18-10-15-8-7-14(18)11-22(15)24-21(26)17-4-2-3-5-19(17)28-22/h2-6,9,14-15,18H,7-8,10-12H2,1H3,(H,23,25)(H,24,26)/t14-,15+,18-,22+/m0/s1. The molecule has 3 aliphatic carbocycles. The van der Waals surface area contributed by atoms with Crippen molar-refractivity contribution in [3.63, 3.8) is 0 Å². The van der Waals surface area contributed by atoms with Crippen LogP contribution in [-0.4, -0.2) is 17.5 Å². The number of hydrogen-bond donors (Lipinski definition) is 2. The van der Waals surface area contributed by atoms with E-state index in [1.54, 1.807) is 6.07 Å². The topological polar surface area (TPSA) is 80.6 Å². The van der Waals surface area contributed by atoms with Gasteiger partial charge in [-0.1, -0.05) is 12.1 Å². The number of rotatable bonds is 3. The number of benzene rings is 1. The first-order valence-electron chi connectivity index (χ1n) is 9.98. The summed E-state index contributed by atoms with van der Waals surface area (Å²) in [6.07, 6.45) is 3.37. The van der Waals surface area contributed by atoms with E-state index in [1.807, 2.05) is 37.3 Å². The maximum atomic E-state index is 12.8. The Morgan fingerprint density at radius 1 is 1.25 bits per heavy atom. The van der Waals surface area contributed by atoms with E-state index in [1.165, 1.54) is 0 Å². The molecular weight excluding hydrogens is 356 g/mol. The van der Waals surface area contributed by atoms with Crippen molar-refractivity contribution in [3.05, 3.63) is 53.5 Å². The van der Waals surface area contributed by atoms with Crippen molar-refractivity contribution in [1.82, 2.24) is 10.6 Å². The maximum absolute atomic E-state index is 12.8. The minimum atomic E-state index is -0.677. The van der Waals surface area contributed by atoms with Crippen LogP contribution >= 0.6 is 0 Å². The average Bonchev–Trinajstić information content (AvgIpc) is 3.11. The zero-order chi connectivity index (χ0) is 19.3. The zero-order valence-electron chi connectivity index (χ0n) is 15.9. The number of para-hydroxylation sites is 1. The molecule has 4 atom stereocenters. The molecule has 2 bridgehead atoms. The predicted molar refractivity (Wildman–Crippen MR) is 101 cm³/mol. The van der Waals surface area contributed by atoms with Crippen LogP contribution in [-0.2, 0) is 11.3 Å². The first-order valence-corrected chi connectivity index (χ1v) is 9.98. The molecule has 1 aromatic heterocycles. The van der Waals surface area contributed by atoms with Gasteiger partial charge in [0, 0.05) is 18.3 Å². The molecule has 1 aliphatic heterocycles. The quantitative estimate of drug-likeness (QED) is 0.857. The van der Waals surface area contributed by atoms with Gasteiger partial charge in [0.25, 0.3) is 5.91 Å². The van der Waals surface area contributed by atoms with Crippen LogP contribution in [0.25, 0.3) is 0 Å². The average molecular weight is 380 g/mol. The van der Waals surface area contributed by atoms with E-state index in [0.717, 1.165) is 30.8 Å². The summed E-state index contributed by atoms with van der Waals surface area (Å²) in [7, 11) is 0. The minimum absolute atomic E-state index is 0.0434. The van der Waals surface area contributed by atoms with Gasteiger partial charge in [0.05, 0.1) is 12.1 Å². The van der Waals surface area contributed by atoms with Gasteiger partial charge >= 0.3 is 0 Å². The smallest absolute Gasteiger partial charge is 0.258 e. The van der Waals surface area contributed by atoms with Crippen LogP contribution in [0.5, 0.6) is 5.75 Å². The van der Waals surface area contributed by atoms with Gasteiger partial charge in [-0.15, -0.1) is 0 Å². The minimum Gasteiger partial charge on any atom is -0.467 e. The Bertz CT molecular complexity index is 936. The van der Waals surface area contributed by atoms with E-state index < -0.39 is 5.72 Å². The highest BCUT2D eigenvalue weighted by atomic mass is 16.5. The van der Waals surface area contributed by atoms with Crippen LogP contribution in [0.4, 0.5) is 0 Å². The number of carbonyl (C=O) groups is 2. The number of furan rings is 1. The first kappa shape index (κ1) is 17.3. The lowest BCUT2D eigenvalue weighted by atomic mass is 9.60. The van der Waals surface area contributed by atoms with E-state index in [-0.39, 0.29) is 29.6 Å². The molecule has 2 heterocycles. The van der Waals surface area contributed by atoms with Gasteiger partial charge in [0.2, 0.25) is 5.91 Å². The molecule has 6 heteroatoms. The maximum Gasteiger partial charge on any atom is 0.258 e. The lowest BCUT2D eigenvalue weighted by Gasteiger charge is -2.55. The van der Waals surface area contributed by atoms with Crippen LogP contribution in [0.15, 0.2) is 40.8 Å². The van der Waals surface area contributed by atoms with Crippen LogP contribution in [0.1, 0.15) is 47.6 Å². The molecule has 1 aromatic carbocycles. The van der Waals surface area contributed by atoms with Gasteiger partial charge in [-0.25, -0.2) is 0 Å². The monoisotopic (exact) mass is 380 g/mol. The molecular formula is C22H24N2O4. The molecule has 2 aromatic rings. The Labute approximate surface area is 163 Å². The van der Waals surface area contributed by atoms with Crippen molar-refractivity contribution in [1.29, 1.82) is 0 Å². The number of fused-ring (bicyclic) bond motifs is 3. The highest BCUT2D eigenvalue weighted by Crippen LogP contribution is 2.52. The van der Waals surface area contributed by atoms with E-state index in [9.17, 15) is 9.59 Å². The molecule has 1 spiro atoms. The summed E-state index contributed by atoms with van der Waals surface area (Å²) in [6.45, 7) is 2.30. The highest BCUT2D eigenvalue weighted by Gasteiger charge is 2.57. The Balaban J connectivity index is 1.30. The van der Waals surface area contributed by atoms with Crippen LogP contribution in [0.3, 0.4) is 0 Å². The Kier molecular flexibility index (Phi) is 3.96. The zero-order valence-corrected chi connectivity index (χ0v) is 15.9. The Morgan fingerprint density at radius 3 is 2.86 bits per heavy atom. The van der Waals surface area contributed by atoms with Crippen molar-refractivity contribution < 1.29 is 18.7 Å². The number of carbonyl (C=O) groups excluding carboxylic acids is 2. The van der Waals surface area contributed by atoms with E-state index in [2.05, 4.69) is 10.6 Å². The fourth-order valence-corrected chi connectivity index (χ4v) is 5.17. The van der Waals surface area contributed by atoms with Crippen LogP contribution < -0.4 is 15.4 Å². The molecule has 0 radical (unpaired) electrons. The normalized spacial score (nSPS) is 30.5. The summed E-state index contributed by atoms with van der Waals surface area (Å²) in [5.74, 6) is 2.54. The molecule has 4 aliphatic rings. The molecule has 3 fully saturated rings. The summed E-state index contributed by atoms with van der Waals surface area (Å²) >= 11 is 0. The van der Waals surface area contributed by atoms with Crippen LogP contribution in [0, 0.1) is 24.7 Å². The lowest BCUT2D eigenvalue weighted by molar-refractivity contribution is -0.146. The molecule has 0 saturated heterocycles. The van der Waals surface area contributed by atoms with E-state index in [0.29, 0.717) is 24.3 Å². The predicted octanol–water partition coefficient (Wildman–Crippen LogP) is 3.16. The second-order valence-corrected chi connectivity index (χ2v) is 8.25. The fourth-order valence-electron chi connectivity index (χ4n) is 5.17. The van der Waals surface area contributed by atoms with Gasteiger partial charge in [-0.05, 0) is 56.4 Å². The SMILES string of the molecule is Cc1ccc(CNC(=O)[C@H]2C[C@H]3CC[C@H]2C[C@]32NC(=O)c3ccccc3O2)o1. The second-order valence-electron chi connectivity index (χ2n) is 8.25. The molecule has 146 valence electrons. The van der Waals surface area contributed by atoms with Gasteiger partial charge in [0.1, 0.15) is 17.3 Å². The summed E-state index contributed by atoms with van der Waals surface area (Å²) in [5.41, 5.74) is -0.0962. The number of aryl methyl sites for hydroxylation is 1. The fraction of sp³-hybridized carbons (Fsp3) is 0.455. The molecule has 28 heavy (non-hydrogen) atoms. The Hall–Kier alpha value is -2.76. The third kappa shape index (κ3) is 2.79. The Morgan fingerprint density at radius 2 is 2.11 bits per heavy atom.